The van der Waals surface area contributed by atoms with Gasteiger partial charge in [0, 0.05) is 0 Å². The lowest BCUT2D eigenvalue weighted by atomic mass is 10.1. The summed E-state index contributed by atoms with van der Waals surface area (Å²) in [6.07, 6.45) is 0. The molecule has 0 spiro atoms. The highest BCUT2D eigenvalue weighted by Gasteiger charge is 2.51. The second-order valence-corrected chi connectivity index (χ2v) is 6.59. The van der Waals surface area contributed by atoms with Gasteiger partial charge in [-0.25, -0.2) is 13.2 Å². The van der Waals surface area contributed by atoms with Crippen molar-refractivity contribution in [3.8, 4) is 5.75 Å². The van der Waals surface area contributed by atoms with Crippen molar-refractivity contribution in [2.24, 2.45) is 11.7 Å². The topological polar surface area (TPSA) is 107 Å². The zero-order chi connectivity index (χ0) is 14.8. The lowest BCUT2D eigenvalue weighted by Gasteiger charge is -2.28. The molecule has 0 aliphatic carbocycles. The molecular formula is C12H17NO5S. The molecule has 0 aromatic heterocycles. The summed E-state index contributed by atoms with van der Waals surface area (Å²) in [5, 5.41) is 9.17. The smallest absolute Gasteiger partial charge is 0.340 e. The van der Waals surface area contributed by atoms with E-state index in [4.69, 9.17) is 10.5 Å². The Bertz CT molecular complexity index is 564. The van der Waals surface area contributed by atoms with E-state index in [1.54, 1.807) is 0 Å². The quantitative estimate of drug-likeness (QED) is 0.832. The minimum absolute atomic E-state index is 0.146. The van der Waals surface area contributed by atoms with Crippen LogP contribution in [0.15, 0.2) is 29.2 Å². The van der Waals surface area contributed by atoms with Crippen LogP contribution in [0.3, 0.4) is 0 Å². The average molecular weight is 287 g/mol. The maximum atomic E-state index is 12.4. The number of sulfone groups is 1. The van der Waals surface area contributed by atoms with Crippen LogP contribution in [0.5, 0.6) is 5.75 Å². The Kier molecular flexibility index (Phi) is 4.21. The van der Waals surface area contributed by atoms with Crippen molar-refractivity contribution in [1.82, 2.24) is 0 Å². The maximum Gasteiger partial charge on any atom is 0.340 e. The van der Waals surface area contributed by atoms with Crippen LogP contribution in [0.4, 0.5) is 0 Å². The molecule has 106 valence electrons. The van der Waals surface area contributed by atoms with Gasteiger partial charge in [0.1, 0.15) is 5.75 Å². The van der Waals surface area contributed by atoms with Crippen molar-refractivity contribution in [2.75, 3.05) is 7.11 Å². The van der Waals surface area contributed by atoms with E-state index in [0.29, 0.717) is 5.75 Å². The molecule has 3 N–H and O–H groups in total. The number of methoxy groups -OCH3 is 1. The second kappa shape index (κ2) is 5.18. The molecule has 0 aliphatic rings. The van der Waals surface area contributed by atoms with Gasteiger partial charge in [-0.3, -0.25) is 0 Å². The monoisotopic (exact) mass is 287 g/mol. The first-order valence-corrected chi connectivity index (χ1v) is 7.07. The fourth-order valence-electron chi connectivity index (χ4n) is 1.62. The molecule has 7 heteroatoms. The summed E-state index contributed by atoms with van der Waals surface area (Å²) >= 11 is 0. The van der Waals surface area contributed by atoms with Gasteiger partial charge in [0.15, 0.2) is 0 Å². The Labute approximate surface area is 112 Å². The lowest BCUT2D eigenvalue weighted by molar-refractivity contribution is -0.141. The van der Waals surface area contributed by atoms with Crippen molar-refractivity contribution in [2.45, 2.75) is 23.6 Å². The molecule has 1 rings (SSSR count). The van der Waals surface area contributed by atoms with Gasteiger partial charge in [0.25, 0.3) is 0 Å². The SMILES string of the molecule is COc1ccc(S(=O)(=O)C(N)(C(=O)O)C(C)C)cc1. The largest absolute Gasteiger partial charge is 0.497 e. The van der Waals surface area contributed by atoms with E-state index in [2.05, 4.69) is 0 Å². The average Bonchev–Trinajstić information content (AvgIpc) is 2.36. The van der Waals surface area contributed by atoms with E-state index in [1.807, 2.05) is 0 Å². The first-order valence-electron chi connectivity index (χ1n) is 5.59. The van der Waals surface area contributed by atoms with Gasteiger partial charge in [0.2, 0.25) is 14.7 Å². The van der Waals surface area contributed by atoms with Crippen molar-refractivity contribution < 1.29 is 23.1 Å². The normalized spacial score (nSPS) is 15.0. The lowest BCUT2D eigenvalue weighted by Crippen LogP contribution is -2.58. The molecule has 0 saturated carbocycles. The van der Waals surface area contributed by atoms with Crippen LogP contribution < -0.4 is 10.5 Å². The van der Waals surface area contributed by atoms with E-state index in [0.717, 1.165) is 0 Å². The first kappa shape index (κ1) is 15.5. The summed E-state index contributed by atoms with van der Waals surface area (Å²) in [5.41, 5.74) is 5.65. The molecule has 0 aliphatic heterocycles. The predicted molar refractivity (Wildman–Crippen MR) is 69.6 cm³/mol. The van der Waals surface area contributed by atoms with Crippen LogP contribution in [0, 0.1) is 5.92 Å². The molecule has 0 radical (unpaired) electrons. The summed E-state index contributed by atoms with van der Waals surface area (Å²) in [7, 11) is -2.75. The Morgan fingerprint density at radius 2 is 1.79 bits per heavy atom. The van der Waals surface area contributed by atoms with E-state index >= 15 is 0 Å². The molecule has 1 aromatic carbocycles. The molecule has 0 bridgehead atoms. The summed E-state index contributed by atoms with van der Waals surface area (Å²) in [6.45, 7) is 2.91. The Morgan fingerprint density at radius 3 is 2.11 bits per heavy atom. The molecule has 0 saturated heterocycles. The van der Waals surface area contributed by atoms with Crippen LogP contribution in [0.2, 0.25) is 0 Å². The number of hydrogen-bond acceptors (Lipinski definition) is 5. The number of aliphatic carboxylic acids is 1. The van der Waals surface area contributed by atoms with Gasteiger partial charge in [-0.05, 0) is 30.2 Å². The van der Waals surface area contributed by atoms with Crippen molar-refractivity contribution in [1.29, 1.82) is 0 Å². The third-order valence-electron chi connectivity index (χ3n) is 3.01. The number of benzene rings is 1. The van der Waals surface area contributed by atoms with Gasteiger partial charge in [0.05, 0.1) is 12.0 Å². The van der Waals surface area contributed by atoms with Gasteiger partial charge in [-0.1, -0.05) is 13.8 Å². The third kappa shape index (κ3) is 2.43. The number of ether oxygens (including phenoxy) is 1. The van der Waals surface area contributed by atoms with E-state index in [-0.39, 0.29) is 4.90 Å². The maximum absolute atomic E-state index is 12.4. The van der Waals surface area contributed by atoms with Crippen LogP contribution in [0.25, 0.3) is 0 Å². The number of carbonyl (C=O) groups is 1. The Balaban J connectivity index is 3.39. The molecule has 19 heavy (non-hydrogen) atoms. The molecular weight excluding hydrogens is 270 g/mol. The molecule has 0 fully saturated rings. The Morgan fingerprint density at radius 1 is 1.32 bits per heavy atom. The Hall–Kier alpha value is -1.60. The van der Waals surface area contributed by atoms with E-state index in [9.17, 15) is 18.3 Å². The van der Waals surface area contributed by atoms with Crippen molar-refractivity contribution >= 4 is 15.8 Å². The van der Waals surface area contributed by atoms with E-state index in [1.165, 1.54) is 45.2 Å². The number of rotatable bonds is 5. The molecule has 0 heterocycles. The van der Waals surface area contributed by atoms with E-state index < -0.39 is 26.6 Å². The van der Waals surface area contributed by atoms with Crippen LogP contribution in [0.1, 0.15) is 13.8 Å². The highest BCUT2D eigenvalue weighted by molar-refractivity contribution is 7.93. The molecule has 1 aromatic rings. The fourth-order valence-corrected chi connectivity index (χ4v) is 3.36. The van der Waals surface area contributed by atoms with Gasteiger partial charge >= 0.3 is 5.97 Å². The molecule has 1 unspecified atom stereocenters. The number of hydrogen-bond donors (Lipinski definition) is 2. The second-order valence-electron chi connectivity index (χ2n) is 4.43. The molecule has 0 amide bonds. The minimum atomic E-state index is -4.20. The summed E-state index contributed by atoms with van der Waals surface area (Å²) in [5.74, 6) is -1.88. The van der Waals surface area contributed by atoms with Crippen LogP contribution >= 0.6 is 0 Å². The van der Waals surface area contributed by atoms with Crippen molar-refractivity contribution in [3.05, 3.63) is 24.3 Å². The fraction of sp³-hybridized carbons (Fsp3) is 0.417. The number of carboxylic acids is 1. The molecule has 6 nitrogen and oxygen atoms in total. The third-order valence-corrected chi connectivity index (χ3v) is 5.43. The summed E-state index contributed by atoms with van der Waals surface area (Å²) < 4.78 is 29.7. The molecule has 1 atom stereocenters. The van der Waals surface area contributed by atoms with Gasteiger partial charge in [-0.15, -0.1) is 0 Å². The summed E-state index contributed by atoms with van der Waals surface area (Å²) in [6, 6.07) is 5.44. The highest BCUT2D eigenvalue weighted by atomic mass is 32.2. The van der Waals surface area contributed by atoms with Gasteiger partial charge in [-0.2, -0.15) is 0 Å². The first-order chi connectivity index (χ1) is 8.67. The summed E-state index contributed by atoms with van der Waals surface area (Å²) in [4.78, 5) is 8.77. The van der Waals surface area contributed by atoms with Gasteiger partial charge < -0.3 is 15.6 Å². The van der Waals surface area contributed by atoms with Crippen molar-refractivity contribution in [3.63, 3.8) is 0 Å². The minimum Gasteiger partial charge on any atom is -0.497 e. The predicted octanol–water partition coefficient (Wildman–Crippen LogP) is 0.864. The number of nitrogens with two attached hydrogens (primary N) is 1. The highest BCUT2D eigenvalue weighted by Crippen LogP contribution is 2.29. The van der Waals surface area contributed by atoms with Crippen LogP contribution in [-0.4, -0.2) is 31.5 Å². The zero-order valence-corrected chi connectivity index (χ0v) is 11.8. The zero-order valence-electron chi connectivity index (χ0n) is 11.0. The standard InChI is InChI=1S/C12H17NO5S/c1-8(2)12(13,11(14)15)19(16,17)10-6-4-9(18-3)5-7-10/h4-8H,13H2,1-3H3,(H,14,15). The number of carboxylic acid groups (broad SMARTS) is 1. The van der Waals surface area contributed by atoms with Crippen LogP contribution in [-0.2, 0) is 14.6 Å².